The fourth-order valence-electron chi connectivity index (χ4n) is 5.46. The van der Waals surface area contributed by atoms with Crippen LogP contribution in [0.4, 0.5) is 35.1 Å². The van der Waals surface area contributed by atoms with Crippen LogP contribution in [-0.2, 0) is 22.0 Å². The Balaban J connectivity index is 1.21. The molecule has 0 N–H and O–H groups in total. The summed E-state index contributed by atoms with van der Waals surface area (Å²) in [5.41, 5.74) is -1.37. The van der Waals surface area contributed by atoms with E-state index in [9.17, 15) is 26.3 Å². The summed E-state index contributed by atoms with van der Waals surface area (Å²) in [4.78, 5) is 0. The van der Waals surface area contributed by atoms with Gasteiger partial charge in [-0.3, -0.25) is 0 Å². The fourth-order valence-corrected chi connectivity index (χ4v) is 5.46. The Labute approximate surface area is 267 Å². The van der Waals surface area contributed by atoms with Crippen molar-refractivity contribution in [1.29, 1.82) is 0 Å². The molecule has 0 atom stereocenters. The molecule has 1 aliphatic heterocycles. The van der Waals surface area contributed by atoms with Crippen LogP contribution in [0.5, 0.6) is 5.75 Å². The number of aryl methyl sites for hydroxylation is 1. The third kappa shape index (κ3) is 8.31. The average Bonchev–Trinajstić information content (AvgIpc) is 3.03. The first-order valence-electron chi connectivity index (χ1n) is 15.3. The molecule has 4 aromatic carbocycles. The van der Waals surface area contributed by atoms with Gasteiger partial charge in [0.15, 0.2) is 23.7 Å². The van der Waals surface area contributed by atoms with Crippen LogP contribution in [0.25, 0.3) is 22.3 Å². The summed E-state index contributed by atoms with van der Waals surface area (Å²) in [6, 6.07) is 10.4. The predicted octanol–water partition coefficient (Wildman–Crippen LogP) is 10.5. The lowest BCUT2D eigenvalue weighted by molar-refractivity contribution is -0.203. The number of benzene rings is 4. The Hall–Kier alpha value is -3.96. The highest BCUT2D eigenvalue weighted by Gasteiger charge is 2.38. The van der Waals surface area contributed by atoms with Crippen LogP contribution in [0.2, 0.25) is 0 Å². The lowest BCUT2D eigenvalue weighted by atomic mass is 9.99. The molecular formula is C36H32F8O3. The first kappa shape index (κ1) is 34.4. The van der Waals surface area contributed by atoms with Crippen molar-refractivity contribution in [3.05, 3.63) is 113 Å². The van der Waals surface area contributed by atoms with E-state index in [1.807, 2.05) is 0 Å². The standard InChI is InChI=1S/C36H32F8O3/c1-2-3-4-5-22-19-45-34(46-20-22)13-7-21-6-12-28(31(39)14-21)36(43,44)47-25-9-11-26(30(38)18-25)23-8-10-27(29(37)15-23)24-16-32(40)35(42)33(41)17-24/h6,8-12,14-18,22,34H,2-5,7,13,19-20H2,1H3. The maximum Gasteiger partial charge on any atom is 0.429 e. The summed E-state index contributed by atoms with van der Waals surface area (Å²) in [7, 11) is 0. The third-order valence-corrected chi connectivity index (χ3v) is 8.03. The third-order valence-electron chi connectivity index (χ3n) is 8.03. The molecule has 11 heteroatoms. The molecule has 250 valence electrons. The Morgan fingerprint density at radius 1 is 0.681 bits per heavy atom. The van der Waals surface area contributed by atoms with Crippen LogP contribution in [-0.4, -0.2) is 19.5 Å². The second kappa shape index (κ2) is 14.9. The zero-order valence-electron chi connectivity index (χ0n) is 25.4. The van der Waals surface area contributed by atoms with Gasteiger partial charge in [-0.15, -0.1) is 0 Å². The summed E-state index contributed by atoms with van der Waals surface area (Å²) < 4.78 is 131. The van der Waals surface area contributed by atoms with E-state index < -0.39 is 58.6 Å². The minimum Gasteiger partial charge on any atom is -0.429 e. The van der Waals surface area contributed by atoms with E-state index in [2.05, 4.69) is 11.7 Å². The first-order valence-corrected chi connectivity index (χ1v) is 15.3. The van der Waals surface area contributed by atoms with Crippen LogP contribution in [0, 0.1) is 40.8 Å². The fraction of sp³-hybridized carbons (Fsp3) is 0.333. The molecule has 0 bridgehead atoms. The van der Waals surface area contributed by atoms with Crippen molar-refractivity contribution in [2.75, 3.05) is 13.2 Å². The maximum atomic E-state index is 15.0. The van der Waals surface area contributed by atoms with Gasteiger partial charge in [0, 0.05) is 29.5 Å². The molecule has 0 aromatic heterocycles. The lowest BCUT2D eigenvalue weighted by Crippen LogP contribution is -2.32. The van der Waals surface area contributed by atoms with Gasteiger partial charge in [-0.1, -0.05) is 44.4 Å². The Morgan fingerprint density at radius 2 is 1.32 bits per heavy atom. The minimum atomic E-state index is -4.16. The van der Waals surface area contributed by atoms with Gasteiger partial charge in [-0.2, -0.15) is 8.78 Å². The van der Waals surface area contributed by atoms with Gasteiger partial charge in [-0.25, -0.2) is 26.3 Å². The molecule has 1 heterocycles. The highest BCUT2D eigenvalue weighted by Crippen LogP contribution is 2.37. The number of ether oxygens (including phenoxy) is 3. The van der Waals surface area contributed by atoms with Crippen molar-refractivity contribution in [2.45, 2.75) is 57.8 Å². The first-order chi connectivity index (χ1) is 22.4. The van der Waals surface area contributed by atoms with E-state index in [1.165, 1.54) is 12.1 Å². The largest absolute Gasteiger partial charge is 0.429 e. The van der Waals surface area contributed by atoms with Gasteiger partial charge < -0.3 is 14.2 Å². The quantitative estimate of drug-likeness (QED) is 0.0857. The molecule has 0 unspecified atom stereocenters. The van der Waals surface area contributed by atoms with Crippen molar-refractivity contribution < 1.29 is 49.3 Å². The number of hydrogen-bond donors (Lipinski definition) is 0. The molecule has 0 spiro atoms. The average molecular weight is 665 g/mol. The molecule has 4 aromatic rings. The number of halogens is 8. The zero-order chi connectivity index (χ0) is 33.7. The highest BCUT2D eigenvalue weighted by molar-refractivity contribution is 5.72. The molecule has 0 radical (unpaired) electrons. The Bertz CT molecular complexity index is 1680. The molecule has 0 saturated carbocycles. The normalized spacial score (nSPS) is 16.8. The van der Waals surface area contributed by atoms with Gasteiger partial charge in [0.2, 0.25) is 0 Å². The number of rotatable bonds is 12. The van der Waals surface area contributed by atoms with Crippen LogP contribution < -0.4 is 4.74 Å². The zero-order valence-corrected chi connectivity index (χ0v) is 25.4. The maximum absolute atomic E-state index is 15.0. The van der Waals surface area contributed by atoms with Gasteiger partial charge in [0.05, 0.1) is 18.8 Å². The lowest BCUT2D eigenvalue weighted by Gasteiger charge is -2.29. The van der Waals surface area contributed by atoms with Crippen LogP contribution in [0.3, 0.4) is 0 Å². The van der Waals surface area contributed by atoms with Gasteiger partial charge in [0.1, 0.15) is 23.2 Å². The molecule has 0 aliphatic carbocycles. The Morgan fingerprint density at radius 3 is 1.96 bits per heavy atom. The molecule has 1 aliphatic rings. The van der Waals surface area contributed by atoms with Crippen LogP contribution >= 0.6 is 0 Å². The van der Waals surface area contributed by atoms with Crippen molar-refractivity contribution in [3.8, 4) is 28.0 Å². The van der Waals surface area contributed by atoms with E-state index in [-0.39, 0.29) is 22.3 Å². The second-order valence-electron chi connectivity index (χ2n) is 11.5. The smallest absolute Gasteiger partial charge is 0.429 e. The molecule has 5 rings (SSSR count). The van der Waals surface area contributed by atoms with E-state index in [0.717, 1.165) is 62.1 Å². The van der Waals surface area contributed by atoms with E-state index in [1.54, 1.807) is 0 Å². The SMILES string of the molecule is CCCCCC1COC(CCc2ccc(C(F)(F)Oc3ccc(-c4ccc(-c5cc(F)c(F)c(F)c5)c(F)c4)c(F)c3)c(F)c2)OC1. The molecule has 3 nitrogen and oxygen atoms in total. The molecule has 1 fully saturated rings. The van der Waals surface area contributed by atoms with Gasteiger partial charge >= 0.3 is 6.11 Å². The summed E-state index contributed by atoms with van der Waals surface area (Å²) in [6.07, 6.45) is 0.581. The molecule has 47 heavy (non-hydrogen) atoms. The van der Waals surface area contributed by atoms with Crippen molar-refractivity contribution in [2.24, 2.45) is 5.92 Å². The van der Waals surface area contributed by atoms with Crippen molar-refractivity contribution in [1.82, 2.24) is 0 Å². The predicted molar refractivity (Wildman–Crippen MR) is 160 cm³/mol. The molecule has 1 saturated heterocycles. The second-order valence-corrected chi connectivity index (χ2v) is 11.5. The van der Waals surface area contributed by atoms with Crippen molar-refractivity contribution in [3.63, 3.8) is 0 Å². The minimum absolute atomic E-state index is 0.0254. The summed E-state index contributed by atoms with van der Waals surface area (Å²) in [6.45, 7) is 3.30. The van der Waals surface area contributed by atoms with E-state index in [0.29, 0.717) is 55.7 Å². The number of hydrogen-bond acceptors (Lipinski definition) is 3. The van der Waals surface area contributed by atoms with Crippen LogP contribution in [0.15, 0.2) is 66.7 Å². The summed E-state index contributed by atoms with van der Waals surface area (Å²) in [5, 5.41) is 0. The molecular weight excluding hydrogens is 632 g/mol. The highest BCUT2D eigenvalue weighted by atomic mass is 19.3. The Kier molecular flexibility index (Phi) is 10.9. The van der Waals surface area contributed by atoms with Gasteiger partial charge in [0.25, 0.3) is 0 Å². The topological polar surface area (TPSA) is 27.7 Å². The van der Waals surface area contributed by atoms with Gasteiger partial charge in [-0.05, 0) is 72.0 Å². The van der Waals surface area contributed by atoms with E-state index in [4.69, 9.17) is 9.47 Å². The summed E-state index contributed by atoms with van der Waals surface area (Å²) in [5.74, 6) is -8.26. The number of alkyl halides is 2. The monoisotopic (exact) mass is 664 g/mol. The van der Waals surface area contributed by atoms with Crippen LogP contribution in [0.1, 0.15) is 50.2 Å². The number of unbranched alkanes of at least 4 members (excludes halogenated alkanes) is 2. The summed E-state index contributed by atoms with van der Waals surface area (Å²) >= 11 is 0. The van der Waals surface area contributed by atoms with E-state index >= 15 is 8.78 Å². The van der Waals surface area contributed by atoms with Crippen molar-refractivity contribution >= 4 is 0 Å². The molecule has 0 amide bonds.